The summed E-state index contributed by atoms with van der Waals surface area (Å²) < 4.78 is 0. The Kier molecular flexibility index (Phi) is 5.16. The Hall–Kier alpha value is -3.52. The Morgan fingerprint density at radius 3 is 1.74 bits per heavy atom. The van der Waals surface area contributed by atoms with Gasteiger partial charge in [0.05, 0.1) is 11.4 Å². The predicted molar refractivity (Wildman–Crippen MR) is 112 cm³/mol. The number of nitrogens with zero attached hydrogens (tertiary/aromatic N) is 2. The minimum absolute atomic E-state index is 0.850. The van der Waals surface area contributed by atoms with Gasteiger partial charge in [0.1, 0.15) is 0 Å². The van der Waals surface area contributed by atoms with Gasteiger partial charge in [0.25, 0.3) is 0 Å². The second-order valence-electron chi connectivity index (χ2n) is 6.45. The largest absolute Gasteiger partial charge is 0.151 e. The van der Waals surface area contributed by atoms with E-state index in [4.69, 9.17) is 0 Å². The van der Waals surface area contributed by atoms with Crippen LogP contribution in [0.3, 0.4) is 0 Å². The highest BCUT2D eigenvalue weighted by atomic mass is 15.1. The lowest BCUT2D eigenvalue weighted by molar-refractivity contribution is 1.19. The van der Waals surface area contributed by atoms with Gasteiger partial charge >= 0.3 is 0 Å². The standard InChI is InChI=1S/C25H20N2/c1-3-8-20(9-4-1)18-21-10-7-11-23(19-21)22-14-16-25(17-15-22)27-26-24-12-5-2-6-13-24/h1-17,19H,18H2. The van der Waals surface area contributed by atoms with Gasteiger partial charge in [-0.1, -0.05) is 84.9 Å². The molecule has 4 rings (SSSR count). The summed E-state index contributed by atoms with van der Waals surface area (Å²) in [6, 6.07) is 37.2. The van der Waals surface area contributed by atoms with Crippen LogP contribution in [0.25, 0.3) is 11.1 Å². The molecule has 0 heterocycles. The first-order valence-corrected chi connectivity index (χ1v) is 9.07. The van der Waals surface area contributed by atoms with Crippen molar-refractivity contribution >= 4 is 11.4 Å². The molecule has 0 N–H and O–H groups in total. The zero-order chi connectivity index (χ0) is 18.3. The third kappa shape index (κ3) is 4.56. The van der Waals surface area contributed by atoms with Crippen molar-refractivity contribution in [1.82, 2.24) is 0 Å². The lowest BCUT2D eigenvalue weighted by atomic mass is 9.99. The highest BCUT2D eigenvalue weighted by Crippen LogP contribution is 2.25. The summed E-state index contributed by atoms with van der Waals surface area (Å²) in [5.41, 5.74) is 6.75. The molecule has 0 bridgehead atoms. The van der Waals surface area contributed by atoms with Crippen LogP contribution < -0.4 is 0 Å². The predicted octanol–water partition coefficient (Wildman–Crippen LogP) is 7.36. The first kappa shape index (κ1) is 16.9. The van der Waals surface area contributed by atoms with E-state index in [0.29, 0.717) is 0 Å². The van der Waals surface area contributed by atoms with Crippen molar-refractivity contribution in [2.45, 2.75) is 6.42 Å². The lowest BCUT2D eigenvalue weighted by Gasteiger charge is -2.06. The van der Waals surface area contributed by atoms with Gasteiger partial charge in [0.15, 0.2) is 0 Å². The van der Waals surface area contributed by atoms with Crippen LogP contribution in [0.5, 0.6) is 0 Å². The van der Waals surface area contributed by atoms with E-state index in [-0.39, 0.29) is 0 Å². The van der Waals surface area contributed by atoms with Crippen LogP contribution in [0.4, 0.5) is 11.4 Å². The van der Waals surface area contributed by atoms with Crippen molar-refractivity contribution in [2.75, 3.05) is 0 Å². The maximum absolute atomic E-state index is 4.31. The van der Waals surface area contributed by atoms with Gasteiger partial charge in [-0.3, -0.25) is 0 Å². The lowest BCUT2D eigenvalue weighted by Crippen LogP contribution is -1.88. The van der Waals surface area contributed by atoms with Crippen molar-refractivity contribution in [3.8, 4) is 11.1 Å². The first-order valence-electron chi connectivity index (χ1n) is 9.07. The van der Waals surface area contributed by atoms with Crippen molar-refractivity contribution in [1.29, 1.82) is 0 Å². The normalized spacial score (nSPS) is 11.0. The van der Waals surface area contributed by atoms with Crippen molar-refractivity contribution in [2.24, 2.45) is 10.2 Å². The molecule has 4 aromatic carbocycles. The molecule has 0 saturated carbocycles. The van der Waals surface area contributed by atoms with Crippen LogP contribution in [0.1, 0.15) is 11.1 Å². The van der Waals surface area contributed by atoms with E-state index in [2.05, 4.69) is 77.0 Å². The minimum atomic E-state index is 0.850. The van der Waals surface area contributed by atoms with Crippen LogP contribution in [0, 0.1) is 0 Å². The highest BCUT2D eigenvalue weighted by Gasteiger charge is 2.01. The summed E-state index contributed by atoms with van der Waals surface area (Å²) >= 11 is 0. The highest BCUT2D eigenvalue weighted by molar-refractivity contribution is 5.66. The molecule has 0 fully saturated rings. The van der Waals surface area contributed by atoms with E-state index in [0.717, 1.165) is 17.8 Å². The minimum Gasteiger partial charge on any atom is -0.151 e. The van der Waals surface area contributed by atoms with Gasteiger partial charge in [-0.25, -0.2) is 0 Å². The second-order valence-corrected chi connectivity index (χ2v) is 6.45. The van der Waals surface area contributed by atoms with Crippen molar-refractivity contribution in [3.63, 3.8) is 0 Å². The van der Waals surface area contributed by atoms with Gasteiger partial charge < -0.3 is 0 Å². The Balaban J connectivity index is 1.50. The SMILES string of the molecule is c1ccc(Cc2cccc(-c3ccc(N=Nc4ccccc4)cc3)c2)cc1. The zero-order valence-electron chi connectivity index (χ0n) is 15.0. The maximum atomic E-state index is 4.31. The Labute approximate surface area is 159 Å². The van der Waals surface area contributed by atoms with Crippen LogP contribution in [-0.2, 0) is 6.42 Å². The van der Waals surface area contributed by atoms with Gasteiger partial charge in [-0.15, -0.1) is 0 Å². The fourth-order valence-corrected chi connectivity index (χ4v) is 3.02. The summed E-state index contributed by atoms with van der Waals surface area (Å²) in [4.78, 5) is 0. The molecule has 130 valence electrons. The number of rotatable bonds is 5. The molecular formula is C25H20N2. The van der Waals surface area contributed by atoms with E-state index in [1.54, 1.807) is 0 Å². The van der Waals surface area contributed by atoms with Gasteiger partial charge in [0, 0.05) is 0 Å². The van der Waals surface area contributed by atoms with Gasteiger partial charge in [-0.2, -0.15) is 10.2 Å². The monoisotopic (exact) mass is 348 g/mol. The molecule has 0 aliphatic heterocycles. The maximum Gasteiger partial charge on any atom is 0.0857 e. The Morgan fingerprint density at radius 1 is 0.444 bits per heavy atom. The molecule has 0 unspecified atom stereocenters. The molecule has 0 aliphatic carbocycles. The summed E-state index contributed by atoms with van der Waals surface area (Å²) in [6.45, 7) is 0. The number of azo groups is 1. The fourth-order valence-electron chi connectivity index (χ4n) is 3.02. The van der Waals surface area contributed by atoms with E-state index >= 15 is 0 Å². The van der Waals surface area contributed by atoms with E-state index in [9.17, 15) is 0 Å². The van der Waals surface area contributed by atoms with Crippen LogP contribution in [0.2, 0.25) is 0 Å². The summed E-state index contributed by atoms with van der Waals surface area (Å²) in [5.74, 6) is 0. The van der Waals surface area contributed by atoms with Gasteiger partial charge in [0.2, 0.25) is 0 Å². The molecule has 0 amide bonds. The Morgan fingerprint density at radius 2 is 1.04 bits per heavy atom. The van der Waals surface area contributed by atoms with Crippen molar-refractivity contribution < 1.29 is 0 Å². The smallest absolute Gasteiger partial charge is 0.0857 e. The molecular weight excluding hydrogens is 328 g/mol. The molecule has 0 radical (unpaired) electrons. The van der Waals surface area contributed by atoms with Crippen molar-refractivity contribution in [3.05, 3.63) is 120 Å². The third-order valence-electron chi connectivity index (χ3n) is 4.42. The first-order chi connectivity index (χ1) is 13.4. The number of hydrogen-bond donors (Lipinski definition) is 0. The van der Waals surface area contributed by atoms with Gasteiger partial charge in [-0.05, 0) is 52.9 Å². The zero-order valence-corrected chi connectivity index (χ0v) is 15.0. The van der Waals surface area contributed by atoms with E-state index < -0.39 is 0 Å². The molecule has 2 heteroatoms. The Bertz CT molecular complexity index is 1020. The average molecular weight is 348 g/mol. The molecule has 27 heavy (non-hydrogen) atoms. The molecule has 0 atom stereocenters. The second kappa shape index (κ2) is 8.24. The average Bonchev–Trinajstić information content (AvgIpc) is 2.74. The molecule has 0 spiro atoms. The molecule has 4 aromatic rings. The topological polar surface area (TPSA) is 24.7 Å². The molecule has 0 saturated heterocycles. The van der Waals surface area contributed by atoms with E-state index in [1.807, 2.05) is 42.5 Å². The number of benzene rings is 4. The van der Waals surface area contributed by atoms with Crippen LogP contribution in [-0.4, -0.2) is 0 Å². The quantitative estimate of drug-likeness (QED) is 0.337. The number of hydrogen-bond acceptors (Lipinski definition) is 2. The summed E-state index contributed by atoms with van der Waals surface area (Å²) in [6.07, 6.45) is 0.943. The van der Waals surface area contributed by atoms with Crippen LogP contribution in [0.15, 0.2) is 119 Å². The molecule has 0 aromatic heterocycles. The van der Waals surface area contributed by atoms with Crippen LogP contribution >= 0.6 is 0 Å². The molecule has 0 aliphatic rings. The summed E-state index contributed by atoms with van der Waals surface area (Å²) in [7, 11) is 0. The van der Waals surface area contributed by atoms with E-state index in [1.165, 1.54) is 22.3 Å². The fraction of sp³-hybridized carbons (Fsp3) is 0.0400. The molecule has 2 nitrogen and oxygen atoms in total. The third-order valence-corrected chi connectivity index (χ3v) is 4.42. The summed E-state index contributed by atoms with van der Waals surface area (Å²) in [5, 5.41) is 8.57.